The van der Waals surface area contributed by atoms with Gasteiger partial charge in [0.15, 0.2) is 11.6 Å². The number of halogens is 1. The van der Waals surface area contributed by atoms with Gasteiger partial charge in [-0.3, -0.25) is 0 Å². The van der Waals surface area contributed by atoms with Crippen LogP contribution in [-0.2, 0) is 10.0 Å². The van der Waals surface area contributed by atoms with Gasteiger partial charge in [0.2, 0.25) is 10.0 Å². The summed E-state index contributed by atoms with van der Waals surface area (Å²) in [6, 6.07) is 9.60. The van der Waals surface area contributed by atoms with Crippen LogP contribution < -0.4 is 14.5 Å². The number of hydrogen-bond donors (Lipinski definition) is 0. The van der Waals surface area contributed by atoms with Crippen LogP contribution in [0, 0.1) is 0 Å². The van der Waals surface area contributed by atoms with Crippen molar-refractivity contribution >= 4 is 37.6 Å². The molecule has 0 radical (unpaired) electrons. The van der Waals surface area contributed by atoms with Crippen LogP contribution in [0.25, 0.3) is 0 Å². The van der Waals surface area contributed by atoms with E-state index in [4.69, 9.17) is 4.74 Å². The maximum atomic E-state index is 13.3. The fourth-order valence-corrected chi connectivity index (χ4v) is 6.43. The Kier molecular flexibility index (Phi) is 7.21. The lowest BCUT2D eigenvalue weighted by Crippen LogP contribution is -2.49. The van der Waals surface area contributed by atoms with E-state index in [-0.39, 0.29) is 4.90 Å². The molecule has 0 N–H and O–H groups in total. The molecule has 0 saturated carbocycles. The summed E-state index contributed by atoms with van der Waals surface area (Å²) in [5.41, 5.74) is 0. The van der Waals surface area contributed by atoms with Gasteiger partial charge in [-0.05, 0) is 63.4 Å². The quantitative estimate of drug-likeness (QED) is 0.572. The Labute approximate surface area is 198 Å². The molecular weight excluding hydrogens is 494 g/mol. The van der Waals surface area contributed by atoms with Gasteiger partial charge >= 0.3 is 0 Å². The molecule has 1 atom stereocenters. The summed E-state index contributed by atoms with van der Waals surface area (Å²) in [4.78, 5) is 4.60. The molecule has 2 fully saturated rings. The molecule has 4 rings (SSSR count). The molecule has 8 nitrogen and oxygen atoms in total. The molecule has 0 bridgehead atoms. The Balaban J connectivity index is 1.43. The molecule has 10 heteroatoms. The van der Waals surface area contributed by atoms with Gasteiger partial charge in [-0.2, -0.15) is 4.31 Å². The molecule has 0 amide bonds. The number of anilines is 2. The zero-order valence-electron chi connectivity index (χ0n) is 18.6. The van der Waals surface area contributed by atoms with Gasteiger partial charge in [-0.15, -0.1) is 10.2 Å². The highest BCUT2D eigenvalue weighted by atomic mass is 79.9. The first-order valence-corrected chi connectivity index (χ1v) is 13.4. The second-order valence-electron chi connectivity index (χ2n) is 8.20. The monoisotopic (exact) mass is 523 g/mol. The minimum Gasteiger partial charge on any atom is -0.492 e. The molecule has 3 heterocycles. The number of hydrogen-bond acceptors (Lipinski definition) is 7. The van der Waals surface area contributed by atoms with Crippen molar-refractivity contribution in [2.45, 2.75) is 44.0 Å². The van der Waals surface area contributed by atoms with E-state index in [0.717, 1.165) is 18.2 Å². The fourth-order valence-electron chi connectivity index (χ4n) is 4.33. The van der Waals surface area contributed by atoms with Crippen LogP contribution in [0.5, 0.6) is 5.75 Å². The maximum Gasteiger partial charge on any atom is 0.246 e. The standard InChI is InChI=1S/C22H30BrN5O3S/c1-3-31-19-8-7-18(23)16-20(19)32(29,30)27-14-12-26(13-15-27)21-9-10-22(25-24-21)28-11-5-4-6-17(28)2/h7-10,16-17H,3-6,11-15H2,1-2H3. The normalized spacial score (nSPS) is 20.4. The van der Waals surface area contributed by atoms with Crippen molar-refractivity contribution < 1.29 is 13.2 Å². The van der Waals surface area contributed by atoms with Crippen molar-refractivity contribution in [3.8, 4) is 5.75 Å². The first-order chi connectivity index (χ1) is 15.4. The third-order valence-electron chi connectivity index (χ3n) is 6.12. The average Bonchev–Trinajstić information content (AvgIpc) is 2.81. The molecule has 2 aliphatic rings. The fraction of sp³-hybridized carbons (Fsp3) is 0.545. The van der Waals surface area contributed by atoms with Crippen LogP contribution in [0.1, 0.15) is 33.1 Å². The van der Waals surface area contributed by atoms with Crippen molar-refractivity contribution in [3.63, 3.8) is 0 Å². The van der Waals surface area contributed by atoms with E-state index >= 15 is 0 Å². The van der Waals surface area contributed by atoms with Gasteiger partial charge in [0.05, 0.1) is 6.61 Å². The molecule has 1 unspecified atom stereocenters. The highest BCUT2D eigenvalue weighted by Crippen LogP contribution is 2.31. The van der Waals surface area contributed by atoms with Crippen LogP contribution in [-0.4, -0.2) is 68.3 Å². The lowest BCUT2D eigenvalue weighted by atomic mass is 10.0. The van der Waals surface area contributed by atoms with E-state index in [1.807, 2.05) is 19.1 Å². The molecule has 0 spiro atoms. The smallest absolute Gasteiger partial charge is 0.246 e. The molecule has 32 heavy (non-hydrogen) atoms. The van der Waals surface area contributed by atoms with Crippen molar-refractivity contribution in [2.75, 3.05) is 49.1 Å². The van der Waals surface area contributed by atoms with Crippen molar-refractivity contribution in [3.05, 3.63) is 34.8 Å². The van der Waals surface area contributed by atoms with E-state index < -0.39 is 10.0 Å². The Bertz CT molecular complexity index is 1030. The van der Waals surface area contributed by atoms with Crippen LogP contribution >= 0.6 is 15.9 Å². The lowest BCUT2D eigenvalue weighted by molar-refractivity contribution is 0.327. The molecule has 2 saturated heterocycles. The number of nitrogens with zero attached hydrogens (tertiary/aromatic N) is 5. The zero-order valence-corrected chi connectivity index (χ0v) is 21.0. The van der Waals surface area contributed by atoms with E-state index in [9.17, 15) is 8.42 Å². The highest BCUT2D eigenvalue weighted by Gasteiger charge is 2.31. The summed E-state index contributed by atoms with van der Waals surface area (Å²) in [6.07, 6.45) is 3.64. The summed E-state index contributed by atoms with van der Waals surface area (Å²) in [5.74, 6) is 2.08. The molecule has 174 valence electrons. The largest absolute Gasteiger partial charge is 0.492 e. The highest BCUT2D eigenvalue weighted by molar-refractivity contribution is 9.10. The number of ether oxygens (including phenoxy) is 1. The first-order valence-electron chi connectivity index (χ1n) is 11.2. The van der Waals surface area contributed by atoms with Gasteiger partial charge in [0.25, 0.3) is 0 Å². The maximum absolute atomic E-state index is 13.3. The Morgan fingerprint density at radius 1 is 1.03 bits per heavy atom. The minimum absolute atomic E-state index is 0.196. The average molecular weight is 524 g/mol. The topological polar surface area (TPSA) is 78.9 Å². The first kappa shape index (κ1) is 23.3. The second kappa shape index (κ2) is 9.93. The molecule has 2 aliphatic heterocycles. The van der Waals surface area contributed by atoms with Gasteiger partial charge in [-0.25, -0.2) is 8.42 Å². The lowest BCUT2D eigenvalue weighted by Gasteiger charge is -2.36. The van der Waals surface area contributed by atoms with E-state index in [1.54, 1.807) is 18.2 Å². The van der Waals surface area contributed by atoms with Crippen LogP contribution in [0.15, 0.2) is 39.7 Å². The van der Waals surface area contributed by atoms with E-state index in [0.29, 0.717) is 49.0 Å². The van der Waals surface area contributed by atoms with Gasteiger partial charge < -0.3 is 14.5 Å². The van der Waals surface area contributed by atoms with Crippen molar-refractivity contribution in [1.29, 1.82) is 0 Å². The molecule has 0 aliphatic carbocycles. The molecule has 2 aromatic rings. The van der Waals surface area contributed by atoms with Gasteiger partial charge in [0.1, 0.15) is 10.6 Å². The van der Waals surface area contributed by atoms with Gasteiger partial charge in [-0.1, -0.05) is 15.9 Å². The third-order valence-corrected chi connectivity index (χ3v) is 8.53. The number of piperazine rings is 1. The number of benzene rings is 1. The summed E-state index contributed by atoms with van der Waals surface area (Å²) in [6.45, 7) is 7.39. The summed E-state index contributed by atoms with van der Waals surface area (Å²) >= 11 is 3.38. The van der Waals surface area contributed by atoms with Crippen LogP contribution in [0.3, 0.4) is 0 Å². The van der Waals surface area contributed by atoms with Gasteiger partial charge in [0, 0.05) is 43.2 Å². The van der Waals surface area contributed by atoms with E-state index in [1.165, 1.54) is 23.6 Å². The predicted molar refractivity (Wildman–Crippen MR) is 129 cm³/mol. The zero-order chi connectivity index (χ0) is 22.7. The van der Waals surface area contributed by atoms with Crippen molar-refractivity contribution in [1.82, 2.24) is 14.5 Å². The molecular formula is C22H30BrN5O3S. The molecule has 1 aromatic heterocycles. The third kappa shape index (κ3) is 4.87. The SMILES string of the molecule is CCOc1ccc(Br)cc1S(=O)(=O)N1CCN(c2ccc(N3CCCCC3C)nn2)CC1. The Morgan fingerprint density at radius 2 is 1.75 bits per heavy atom. The summed E-state index contributed by atoms with van der Waals surface area (Å²) in [5, 5.41) is 8.91. The Hall–Kier alpha value is -1.91. The predicted octanol–water partition coefficient (Wildman–Crippen LogP) is 3.53. The number of sulfonamides is 1. The van der Waals surface area contributed by atoms with Crippen LogP contribution in [0.2, 0.25) is 0 Å². The van der Waals surface area contributed by atoms with Crippen molar-refractivity contribution in [2.24, 2.45) is 0 Å². The van der Waals surface area contributed by atoms with E-state index in [2.05, 4.69) is 42.9 Å². The van der Waals surface area contributed by atoms with Crippen LogP contribution in [0.4, 0.5) is 11.6 Å². The minimum atomic E-state index is -3.66. The number of rotatable bonds is 6. The number of piperidine rings is 1. The number of aromatic nitrogens is 2. The second-order valence-corrected chi connectivity index (χ2v) is 11.0. The summed E-state index contributed by atoms with van der Waals surface area (Å²) < 4.78 is 34.4. The molecule has 1 aromatic carbocycles. The Morgan fingerprint density at radius 3 is 2.41 bits per heavy atom. The summed E-state index contributed by atoms with van der Waals surface area (Å²) in [7, 11) is -3.66.